The maximum absolute atomic E-state index is 12.9. The summed E-state index contributed by atoms with van der Waals surface area (Å²) >= 11 is 6.26. The van der Waals surface area contributed by atoms with Crippen LogP contribution in [0.5, 0.6) is 0 Å². The normalized spacial score (nSPS) is 19.8. The molecule has 2 aromatic carbocycles. The Labute approximate surface area is 136 Å². The molecule has 0 aromatic heterocycles. The van der Waals surface area contributed by atoms with Gasteiger partial charge in [-0.15, -0.1) is 0 Å². The number of rotatable bonds is 4. The molecule has 1 aliphatic carbocycles. The summed E-state index contributed by atoms with van der Waals surface area (Å²) in [5, 5.41) is 0.766. The standard InChI is InChI=1S/C19H20ClNO/c1-3-21(18-11-7-4-8-13(18)2)19(22)16-12-15(16)14-9-5-6-10-17(14)20/h4-11,15-16H,3,12H2,1-2H3. The molecule has 2 atom stereocenters. The Kier molecular flexibility index (Phi) is 4.21. The first kappa shape index (κ1) is 15.1. The van der Waals surface area contributed by atoms with Crippen molar-refractivity contribution >= 4 is 23.2 Å². The average molecular weight is 314 g/mol. The largest absolute Gasteiger partial charge is 0.312 e. The monoisotopic (exact) mass is 313 g/mol. The summed E-state index contributed by atoms with van der Waals surface area (Å²) in [6.45, 7) is 4.76. The van der Waals surface area contributed by atoms with Crippen molar-refractivity contribution in [1.82, 2.24) is 0 Å². The van der Waals surface area contributed by atoms with Gasteiger partial charge >= 0.3 is 0 Å². The van der Waals surface area contributed by atoms with Crippen molar-refractivity contribution in [2.24, 2.45) is 5.92 Å². The van der Waals surface area contributed by atoms with Crippen LogP contribution < -0.4 is 4.90 Å². The molecule has 22 heavy (non-hydrogen) atoms. The molecule has 1 saturated carbocycles. The van der Waals surface area contributed by atoms with E-state index in [4.69, 9.17) is 11.6 Å². The van der Waals surface area contributed by atoms with E-state index >= 15 is 0 Å². The van der Waals surface area contributed by atoms with Crippen LogP contribution in [0.4, 0.5) is 5.69 Å². The van der Waals surface area contributed by atoms with E-state index in [9.17, 15) is 4.79 Å². The van der Waals surface area contributed by atoms with Crippen LogP contribution in [0.25, 0.3) is 0 Å². The number of aryl methyl sites for hydroxylation is 1. The summed E-state index contributed by atoms with van der Waals surface area (Å²) in [6, 6.07) is 15.9. The van der Waals surface area contributed by atoms with E-state index < -0.39 is 0 Å². The summed E-state index contributed by atoms with van der Waals surface area (Å²) in [5.74, 6) is 0.528. The van der Waals surface area contributed by atoms with Crippen LogP contribution in [0.2, 0.25) is 5.02 Å². The second-order valence-electron chi connectivity index (χ2n) is 5.84. The first-order valence-corrected chi connectivity index (χ1v) is 8.12. The lowest BCUT2D eigenvalue weighted by Crippen LogP contribution is -2.32. The van der Waals surface area contributed by atoms with Gasteiger partial charge in [0, 0.05) is 23.2 Å². The minimum absolute atomic E-state index is 0.0551. The number of anilines is 1. The van der Waals surface area contributed by atoms with Gasteiger partial charge in [0.05, 0.1) is 0 Å². The number of halogens is 1. The molecule has 1 fully saturated rings. The molecule has 0 heterocycles. The van der Waals surface area contributed by atoms with Gasteiger partial charge in [-0.25, -0.2) is 0 Å². The fourth-order valence-corrected chi connectivity index (χ4v) is 3.37. The maximum atomic E-state index is 12.9. The van der Waals surface area contributed by atoms with Crippen LogP contribution in [0.3, 0.4) is 0 Å². The Morgan fingerprint density at radius 1 is 1.18 bits per heavy atom. The molecule has 3 rings (SSSR count). The summed E-state index contributed by atoms with van der Waals surface area (Å²) in [4.78, 5) is 14.8. The molecule has 0 radical (unpaired) electrons. The number of carbonyl (C=O) groups is 1. The van der Waals surface area contributed by atoms with Crippen LogP contribution in [-0.2, 0) is 4.79 Å². The first-order chi connectivity index (χ1) is 10.6. The van der Waals surface area contributed by atoms with E-state index in [0.29, 0.717) is 6.54 Å². The van der Waals surface area contributed by atoms with Gasteiger partial charge in [-0.2, -0.15) is 0 Å². The highest BCUT2D eigenvalue weighted by Gasteiger charge is 2.46. The van der Waals surface area contributed by atoms with Crippen molar-refractivity contribution in [2.75, 3.05) is 11.4 Å². The predicted molar refractivity (Wildman–Crippen MR) is 91.5 cm³/mol. The lowest BCUT2D eigenvalue weighted by atomic mass is 10.1. The highest BCUT2D eigenvalue weighted by atomic mass is 35.5. The zero-order valence-electron chi connectivity index (χ0n) is 12.9. The van der Waals surface area contributed by atoms with E-state index in [1.807, 2.05) is 67.3 Å². The number of carbonyl (C=O) groups excluding carboxylic acids is 1. The molecule has 0 aliphatic heterocycles. The number of hydrogen-bond donors (Lipinski definition) is 0. The number of benzene rings is 2. The van der Waals surface area contributed by atoms with Gasteiger partial charge in [0.1, 0.15) is 0 Å². The van der Waals surface area contributed by atoms with Crippen molar-refractivity contribution in [3.05, 3.63) is 64.7 Å². The van der Waals surface area contributed by atoms with Gasteiger partial charge in [0.25, 0.3) is 0 Å². The number of para-hydroxylation sites is 1. The highest BCUT2D eigenvalue weighted by molar-refractivity contribution is 6.31. The number of nitrogens with zero attached hydrogens (tertiary/aromatic N) is 1. The lowest BCUT2D eigenvalue weighted by Gasteiger charge is -2.23. The Balaban J connectivity index is 1.80. The smallest absolute Gasteiger partial charge is 0.230 e. The second-order valence-corrected chi connectivity index (χ2v) is 6.25. The molecule has 2 nitrogen and oxygen atoms in total. The predicted octanol–water partition coefficient (Wildman–Crippen LogP) is 4.81. The summed E-state index contributed by atoms with van der Waals surface area (Å²) < 4.78 is 0. The van der Waals surface area contributed by atoms with Gasteiger partial charge in [-0.05, 0) is 49.4 Å². The molecule has 114 valence electrons. The summed E-state index contributed by atoms with van der Waals surface area (Å²) in [5.41, 5.74) is 3.25. The third-order valence-corrected chi connectivity index (χ3v) is 4.75. The van der Waals surface area contributed by atoms with Crippen LogP contribution in [-0.4, -0.2) is 12.5 Å². The van der Waals surface area contributed by atoms with Crippen LogP contribution in [0.1, 0.15) is 30.4 Å². The molecule has 1 aliphatic rings. The zero-order valence-corrected chi connectivity index (χ0v) is 13.7. The SMILES string of the molecule is CCN(C(=O)C1CC1c1ccccc1Cl)c1ccccc1C. The van der Waals surface area contributed by atoms with Crippen molar-refractivity contribution in [3.63, 3.8) is 0 Å². The van der Waals surface area contributed by atoms with Crippen molar-refractivity contribution in [3.8, 4) is 0 Å². The summed E-state index contributed by atoms with van der Waals surface area (Å²) in [7, 11) is 0. The minimum Gasteiger partial charge on any atom is -0.312 e. The van der Waals surface area contributed by atoms with E-state index in [2.05, 4.69) is 0 Å². The molecule has 0 spiro atoms. The Bertz CT molecular complexity index is 697. The molecule has 2 unspecified atom stereocenters. The average Bonchev–Trinajstić information content (AvgIpc) is 3.30. The molecule has 0 N–H and O–H groups in total. The fraction of sp³-hybridized carbons (Fsp3) is 0.316. The lowest BCUT2D eigenvalue weighted by molar-refractivity contribution is -0.119. The van der Waals surface area contributed by atoms with Crippen LogP contribution in [0.15, 0.2) is 48.5 Å². The molecular weight excluding hydrogens is 294 g/mol. The Morgan fingerprint density at radius 2 is 1.86 bits per heavy atom. The van der Waals surface area contributed by atoms with Crippen molar-refractivity contribution < 1.29 is 4.79 Å². The number of amides is 1. The van der Waals surface area contributed by atoms with Gasteiger partial charge < -0.3 is 4.90 Å². The van der Waals surface area contributed by atoms with Gasteiger partial charge in [0.15, 0.2) is 0 Å². The Morgan fingerprint density at radius 3 is 2.55 bits per heavy atom. The van der Waals surface area contributed by atoms with Crippen LogP contribution >= 0.6 is 11.6 Å². The van der Waals surface area contributed by atoms with E-state index in [1.165, 1.54) is 0 Å². The van der Waals surface area contributed by atoms with Gasteiger partial charge in [-0.1, -0.05) is 48.0 Å². The second kappa shape index (κ2) is 6.13. The molecule has 3 heteroatoms. The highest BCUT2D eigenvalue weighted by Crippen LogP contribution is 2.50. The topological polar surface area (TPSA) is 20.3 Å². The molecular formula is C19H20ClNO. The van der Waals surface area contributed by atoms with E-state index in [1.54, 1.807) is 0 Å². The summed E-state index contributed by atoms with van der Waals surface area (Å²) in [6.07, 6.45) is 0.894. The van der Waals surface area contributed by atoms with Crippen molar-refractivity contribution in [2.45, 2.75) is 26.2 Å². The fourth-order valence-electron chi connectivity index (χ4n) is 3.10. The third-order valence-electron chi connectivity index (χ3n) is 4.40. The van der Waals surface area contributed by atoms with E-state index in [0.717, 1.165) is 28.3 Å². The molecule has 0 bridgehead atoms. The Hall–Kier alpha value is -1.80. The quantitative estimate of drug-likeness (QED) is 0.793. The van der Waals surface area contributed by atoms with Gasteiger partial charge in [-0.3, -0.25) is 4.79 Å². The van der Waals surface area contributed by atoms with Crippen molar-refractivity contribution in [1.29, 1.82) is 0 Å². The number of hydrogen-bond acceptors (Lipinski definition) is 1. The molecule has 1 amide bonds. The first-order valence-electron chi connectivity index (χ1n) is 7.75. The zero-order chi connectivity index (χ0) is 15.7. The maximum Gasteiger partial charge on any atom is 0.230 e. The van der Waals surface area contributed by atoms with Crippen LogP contribution in [0, 0.1) is 12.8 Å². The van der Waals surface area contributed by atoms with Gasteiger partial charge in [0.2, 0.25) is 5.91 Å². The molecule has 0 saturated heterocycles. The van der Waals surface area contributed by atoms with E-state index in [-0.39, 0.29) is 17.7 Å². The third kappa shape index (κ3) is 2.76. The minimum atomic E-state index is 0.0551. The molecule has 2 aromatic rings.